The second-order valence-electron chi connectivity index (χ2n) is 10.5. The molecule has 1 atom stereocenters. The molecule has 0 aliphatic carbocycles. The molecule has 2 heterocycles. The van der Waals surface area contributed by atoms with Gasteiger partial charge in [-0.25, -0.2) is 9.59 Å². The van der Waals surface area contributed by atoms with Gasteiger partial charge in [-0.1, -0.05) is 82.4 Å². The van der Waals surface area contributed by atoms with Crippen LogP contribution in [0.1, 0.15) is 71.9 Å². The molecule has 2 aliphatic rings. The van der Waals surface area contributed by atoms with Crippen LogP contribution < -0.4 is 0 Å². The number of azo groups is 1. The van der Waals surface area contributed by atoms with Crippen molar-refractivity contribution < 1.29 is 47.8 Å². The molecule has 4 rings (SSSR count). The quantitative estimate of drug-likeness (QED) is 0.105. The van der Waals surface area contributed by atoms with Gasteiger partial charge in [-0.05, 0) is 24.5 Å². The molecule has 2 fully saturated rings. The monoisotopic (exact) mass is 698 g/mol. The van der Waals surface area contributed by atoms with E-state index in [0.29, 0.717) is 32.5 Å². The Morgan fingerprint density at radius 3 is 1.68 bits per heavy atom. The molecule has 14 nitrogen and oxygen atoms in total. The number of nitrogens with zero attached hydrogens (tertiary/aromatic N) is 4. The number of carbonyl (C=O) groups excluding carboxylic acids is 7. The molecule has 50 heavy (non-hydrogen) atoms. The molecule has 2 aromatic rings. The van der Waals surface area contributed by atoms with E-state index in [2.05, 4.69) is 10.2 Å². The standard InChI is InChI=1S/C17H21NO5.C13H15NO3.C4H6N2O2.2CH4/c1-2-22-16(20)14-8-10-18(11-9-15(14)19)17(21)23-12-13-6-4-3-5-7-13;15-12-6-8-14(9-7-12)13(16)17-10-11-4-2-1-3-5-11;1-2-4(8)6-5-3-7;;/h3-7,14H,2,8-12H2,1H3;1-5H,6-10H2;3H,2H2,1H3;2*1H4. The van der Waals surface area contributed by atoms with Crippen molar-refractivity contribution in [3.8, 4) is 0 Å². The Hall–Kier alpha value is -5.27. The van der Waals surface area contributed by atoms with E-state index >= 15 is 0 Å². The van der Waals surface area contributed by atoms with Crippen molar-refractivity contribution in [1.29, 1.82) is 0 Å². The number of rotatable bonds is 8. The summed E-state index contributed by atoms with van der Waals surface area (Å²) < 4.78 is 15.4. The highest BCUT2D eigenvalue weighted by atomic mass is 16.6. The number of likely N-dealkylation sites (tertiary alicyclic amines) is 2. The van der Waals surface area contributed by atoms with Gasteiger partial charge in [-0.15, -0.1) is 10.2 Å². The largest absolute Gasteiger partial charge is 0.465 e. The summed E-state index contributed by atoms with van der Waals surface area (Å²) in [6, 6.07) is 18.9. The summed E-state index contributed by atoms with van der Waals surface area (Å²) >= 11 is 0. The molecule has 2 saturated heterocycles. The van der Waals surface area contributed by atoms with E-state index in [1.807, 2.05) is 60.7 Å². The third-order valence-corrected chi connectivity index (χ3v) is 7.04. The van der Waals surface area contributed by atoms with Crippen LogP contribution in [0, 0.1) is 5.92 Å². The zero-order chi connectivity index (χ0) is 35.1. The Balaban J connectivity index is 0.000000784. The van der Waals surface area contributed by atoms with Gasteiger partial charge in [-0.2, -0.15) is 0 Å². The Morgan fingerprint density at radius 1 is 0.740 bits per heavy atom. The van der Waals surface area contributed by atoms with Gasteiger partial charge in [0.2, 0.25) is 0 Å². The van der Waals surface area contributed by atoms with Crippen LogP contribution in [0.3, 0.4) is 0 Å². The van der Waals surface area contributed by atoms with Gasteiger partial charge in [0.15, 0.2) is 0 Å². The number of hydrogen-bond donors (Lipinski definition) is 0. The van der Waals surface area contributed by atoms with Crippen LogP contribution in [0.2, 0.25) is 0 Å². The van der Waals surface area contributed by atoms with Crippen LogP contribution in [0.25, 0.3) is 0 Å². The number of ether oxygens (including phenoxy) is 3. The second-order valence-corrected chi connectivity index (χ2v) is 10.5. The smallest absolute Gasteiger partial charge is 0.410 e. The van der Waals surface area contributed by atoms with Crippen LogP contribution in [-0.2, 0) is 51.4 Å². The lowest BCUT2D eigenvalue weighted by molar-refractivity contribution is -0.151. The maximum atomic E-state index is 12.1. The Morgan fingerprint density at radius 2 is 1.22 bits per heavy atom. The minimum Gasteiger partial charge on any atom is -0.465 e. The maximum Gasteiger partial charge on any atom is 0.410 e. The first-order chi connectivity index (χ1) is 23.2. The van der Waals surface area contributed by atoms with Gasteiger partial charge in [0.05, 0.1) is 6.61 Å². The van der Waals surface area contributed by atoms with Crippen molar-refractivity contribution >= 4 is 42.0 Å². The average molecular weight is 699 g/mol. The molecule has 274 valence electrons. The van der Waals surface area contributed by atoms with Crippen molar-refractivity contribution in [2.75, 3.05) is 32.8 Å². The molecule has 0 bridgehead atoms. The number of ketones is 2. The summed E-state index contributed by atoms with van der Waals surface area (Å²) in [4.78, 5) is 81.2. The van der Waals surface area contributed by atoms with Crippen LogP contribution in [0.5, 0.6) is 0 Å². The molecule has 0 radical (unpaired) electrons. The van der Waals surface area contributed by atoms with E-state index in [1.54, 1.807) is 18.7 Å². The predicted octanol–water partition coefficient (Wildman–Crippen LogP) is 5.96. The molecular formula is C36H50N4O10. The number of carbonyl (C=O) groups is 7. The van der Waals surface area contributed by atoms with E-state index in [-0.39, 0.29) is 90.5 Å². The van der Waals surface area contributed by atoms with Crippen molar-refractivity contribution in [3.63, 3.8) is 0 Å². The predicted molar refractivity (Wildman–Crippen MR) is 185 cm³/mol. The highest BCUT2D eigenvalue weighted by Gasteiger charge is 2.32. The van der Waals surface area contributed by atoms with Crippen molar-refractivity contribution in [2.24, 2.45) is 16.1 Å². The van der Waals surface area contributed by atoms with E-state index in [9.17, 15) is 33.6 Å². The van der Waals surface area contributed by atoms with Gasteiger partial charge in [0.1, 0.15) is 30.7 Å². The fourth-order valence-electron chi connectivity index (χ4n) is 4.37. The number of piperidine rings is 1. The lowest BCUT2D eigenvalue weighted by Gasteiger charge is -2.25. The summed E-state index contributed by atoms with van der Waals surface area (Å²) in [6.07, 6.45) is 1.03. The zero-order valence-electron chi connectivity index (χ0n) is 27.3. The highest BCUT2D eigenvalue weighted by molar-refractivity contribution is 5.99. The van der Waals surface area contributed by atoms with Gasteiger partial charge in [0, 0.05) is 51.9 Å². The third kappa shape index (κ3) is 17.2. The van der Waals surface area contributed by atoms with Gasteiger partial charge < -0.3 is 24.0 Å². The maximum absolute atomic E-state index is 12.1. The molecule has 0 N–H and O–H groups in total. The SMILES string of the molecule is C.C.CCC(=O)N=NC=O.CCOC(=O)C1CCN(C(=O)OCc2ccccc2)CCC1=O.O=C1CCN(C(=O)OCc2ccccc2)CC1. The first kappa shape index (κ1) is 44.7. The normalized spacial score (nSPS) is 15.3. The fourth-order valence-corrected chi connectivity index (χ4v) is 4.37. The van der Waals surface area contributed by atoms with Crippen molar-refractivity contribution in [3.05, 3.63) is 71.8 Å². The van der Waals surface area contributed by atoms with Crippen molar-refractivity contribution in [1.82, 2.24) is 9.80 Å². The Kier molecular flexibility index (Phi) is 23.0. The summed E-state index contributed by atoms with van der Waals surface area (Å²) in [5, 5.41) is 5.82. The summed E-state index contributed by atoms with van der Waals surface area (Å²) in [7, 11) is 0. The third-order valence-electron chi connectivity index (χ3n) is 7.04. The molecule has 0 aromatic heterocycles. The first-order valence-electron chi connectivity index (χ1n) is 15.7. The van der Waals surface area contributed by atoms with Crippen LogP contribution >= 0.6 is 0 Å². The summed E-state index contributed by atoms with van der Waals surface area (Å²) in [5.74, 6) is -1.62. The highest BCUT2D eigenvalue weighted by Crippen LogP contribution is 2.17. The lowest BCUT2D eigenvalue weighted by Crippen LogP contribution is -2.38. The van der Waals surface area contributed by atoms with E-state index < -0.39 is 18.0 Å². The summed E-state index contributed by atoms with van der Waals surface area (Å²) in [5.41, 5.74) is 1.87. The molecule has 2 aromatic carbocycles. The number of Topliss-reactive ketones (excluding diaryl/α,β-unsaturated/α-hetero) is 2. The minimum atomic E-state index is -0.776. The zero-order valence-corrected chi connectivity index (χ0v) is 27.3. The molecule has 4 amide bonds. The number of benzene rings is 2. The molecular weight excluding hydrogens is 648 g/mol. The van der Waals surface area contributed by atoms with Crippen LogP contribution in [0.4, 0.5) is 9.59 Å². The first-order valence-corrected chi connectivity index (χ1v) is 15.7. The summed E-state index contributed by atoms with van der Waals surface area (Å²) in [6.45, 7) is 5.59. The van der Waals surface area contributed by atoms with Crippen LogP contribution in [-0.4, -0.2) is 84.6 Å². The molecule has 2 aliphatic heterocycles. The molecule has 14 heteroatoms. The van der Waals surface area contributed by atoms with E-state index in [4.69, 9.17) is 14.2 Å². The molecule has 1 unspecified atom stereocenters. The molecule has 0 spiro atoms. The lowest BCUT2D eigenvalue weighted by atomic mass is 10.00. The number of amides is 4. The van der Waals surface area contributed by atoms with Gasteiger partial charge in [0.25, 0.3) is 12.3 Å². The Labute approximate surface area is 294 Å². The number of hydrogen-bond acceptors (Lipinski definition) is 10. The van der Waals surface area contributed by atoms with Gasteiger partial charge in [-0.3, -0.25) is 24.0 Å². The van der Waals surface area contributed by atoms with Gasteiger partial charge >= 0.3 is 18.2 Å². The fraction of sp³-hybridized carbons (Fsp3) is 0.472. The van der Waals surface area contributed by atoms with E-state index in [1.165, 1.54) is 4.90 Å². The van der Waals surface area contributed by atoms with Crippen LogP contribution in [0.15, 0.2) is 70.9 Å². The second kappa shape index (κ2) is 25.7. The molecule has 0 saturated carbocycles. The minimum absolute atomic E-state index is 0. The van der Waals surface area contributed by atoms with E-state index in [0.717, 1.165) is 11.1 Å². The van der Waals surface area contributed by atoms with Crippen molar-refractivity contribution in [2.45, 2.75) is 74.0 Å². The Bertz CT molecular complexity index is 1380. The average Bonchev–Trinajstić information content (AvgIpc) is 3.31. The number of esters is 1. The topological polar surface area (TPSA) is 178 Å².